The van der Waals surface area contributed by atoms with E-state index in [1.807, 2.05) is 0 Å². The minimum absolute atomic E-state index is 0.0640. The minimum Gasteiger partial charge on any atom is -0.308 e. The van der Waals surface area contributed by atoms with Gasteiger partial charge in [-0.2, -0.15) is 0 Å². The van der Waals surface area contributed by atoms with Crippen LogP contribution in [0.15, 0.2) is 6.20 Å². The van der Waals surface area contributed by atoms with Gasteiger partial charge in [-0.15, -0.1) is 0 Å². The van der Waals surface area contributed by atoms with Crippen LogP contribution in [-0.4, -0.2) is 22.4 Å². The molecule has 0 aromatic carbocycles. The van der Waals surface area contributed by atoms with E-state index in [-0.39, 0.29) is 16.3 Å². The second kappa shape index (κ2) is 4.33. The molecule has 6 heteroatoms. The second-order valence-corrected chi connectivity index (χ2v) is 4.01. The maximum Gasteiger partial charge on any atom is 0.227 e. The van der Waals surface area contributed by atoms with E-state index in [0.29, 0.717) is 18.7 Å². The first-order valence-electron chi connectivity index (χ1n) is 4.67. The first-order chi connectivity index (χ1) is 7.18. The van der Waals surface area contributed by atoms with Crippen LogP contribution in [0.2, 0.25) is 10.4 Å². The molecular weight excluding hydrogens is 237 g/mol. The van der Waals surface area contributed by atoms with Crippen molar-refractivity contribution in [1.82, 2.24) is 9.97 Å². The van der Waals surface area contributed by atoms with Crippen LogP contribution in [0.1, 0.15) is 19.3 Å². The van der Waals surface area contributed by atoms with Gasteiger partial charge in [-0.05, 0) is 24.4 Å². The standard InChI is InChI=1S/C9H9Cl2N3O/c10-8-6(5-12-9(11)13-8)14-4-2-1-3-7(14)15/h5H,1-4H2. The number of anilines is 1. The Balaban J connectivity index is 2.31. The van der Waals surface area contributed by atoms with Crippen LogP contribution in [0.4, 0.5) is 5.69 Å². The molecule has 0 saturated carbocycles. The monoisotopic (exact) mass is 245 g/mol. The summed E-state index contributed by atoms with van der Waals surface area (Å²) in [5, 5.41) is 0.318. The molecular formula is C9H9Cl2N3O. The second-order valence-electron chi connectivity index (χ2n) is 3.32. The quantitative estimate of drug-likeness (QED) is 0.564. The number of nitrogens with zero attached hydrogens (tertiary/aromatic N) is 3. The number of halogens is 2. The zero-order valence-corrected chi connectivity index (χ0v) is 9.42. The van der Waals surface area contributed by atoms with E-state index in [0.717, 1.165) is 12.8 Å². The maximum atomic E-state index is 11.6. The van der Waals surface area contributed by atoms with Gasteiger partial charge in [0.25, 0.3) is 0 Å². The van der Waals surface area contributed by atoms with Crippen molar-refractivity contribution >= 4 is 34.8 Å². The third-order valence-corrected chi connectivity index (χ3v) is 2.77. The highest BCUT2D eigenvalue weighted by molar-refractivity contribution is 6.34. The van der Waals surface area contributed by atoms with Gasteiger partial charge in [0, 0.05) is 13.0 Å². The fraction of sp³-hybridized carbons (Fsp3) is 0.444. The average molecular weight is 246 g/mol. The van der Waals surface area contributed by atoms with E-state index in [9.17, 15) is 4.79 Å². The number of hydrogen-bond acceptors (Lipinski definition) is 3. The van der Waals surface area contributed by atoms with Crippen molar-refractivity contribution < 1.29 is 4.79 Å². The summed E-state index contributed by atoms with van der Waals surface area (Å²) in [5.41, 5.74) is 0.547. The predicted octanol–water partition coefficient (Wildman–Crippen LogP) is 2.30. The van der Waals surface area contributed by atoms with Gasteiger partial charge in [0.2, 0.25) is 11.2 Å². The summed E-state index contributed by atoms with van der Waals surface area (Å²) in [5.74, 6) is 0.0640. The lowest BCUT2D eigenvalue weighted by Crippen LogP contribution is -2.35. The molecule has 2 heterocycles. The number of aromatic nitrogens is 2. The zero-order valence-electron chi connectivity index (χ0n) is 7.91. The lowest BCUT2D eigenvalue weighted by atomic mass is 10.1. The Morgan fingerprint density at radius 1 is 1.33 bits per heavy atom. The van der Waals surface area contributed by atoms with Crippen LogP contribution < -0.4 is 4.90 Å². The fourth-order valence-corrected chi connectivity index (χ4v) is 1.98. The van der Waals surface area contributed by atoms with Gasteiger partial charge in [-0.1, -0.05) is 11.6 Å². The van der Waals surface area contributed by atoms with Crippen LogP contribution in [0.3, 0.4) is 0 Å². The minimum atomic E-state index is 0.0640. The normalized spacial score (nSPS) is 16.9. The van der Waals surface area contributed by atoms with Crippen molar-refractivity contribution in [2.75, 3.05) is 11.4 Å². The van der Waals surface area contributed by atoms with Crippen molar-refractivity contribution in [2.45, 2.75) is 19.3 Å². The molecule has 0 atom stereocenters. The highest BCUT2D eigenvalue weighted by atomic mass is 35.5. The Kier molecular flexibility index (Phi) is 3.07. The van der Waals surface area contributed by atoms with Gasteiger partial charge in [-0.25, -0.2) is 9.97 Å². The third kappa shape index (κ3) is 2.21. The number of amides is 1. The molecule has 1 amide bonds. The van der Waals surface area contributed by atoms with Crippen molar-refractivity contribution in [2.24, 2.45) is 0 Å². The number of carbonyl (C=O) groups is 1. The van der Waals surface area contributed by atoms with E-state index >= 15 is 0 Å². The molecule has 0 unspecified atom stereocenters. The maximum absolute atomic E-state index is 11.6. The first-order valence-corrected chi connectivity index (χ1v) is 5.42. The third-order valence-electron chi connectivity index (χ3n) is 2.31. The summed E-state index contributed by atoms with van der Waals surface area (Å²) in [7, 11) is 0. The van der Waals surface area contributed by atoms with Gasteiger partial charge >= 0.3 is 0 Å². The molecule has 1 aromatic heterocycles. The zero-order chi connectivity index (χ0) is 10.8. The topological polar surface area (TPSA) is 46.1 Å². The van der Waals surface area contributed by atoms with Crippen molar-refractivity contribution in [3.05, 3.63) is 16.6 Å². The number of piperidine rings is 1. The molecule has 1 aromatic rings. The number of rotatable bonds is 1. The van der Waals surface area contributed by atoms with Crippen molar-refractivity contribution in [3.8, 4) is 0 Å². The van der Waals surface area contributed by atoms with Gasteiger partial charge in [0.15, 0.2) is 5.15 Å². The van der Waals surface area contributed by atoms with Gasteiger partial charge in [-0.3, -0.25) is 4.79 Å². The summed E-state index contributed by atoms with van der Waals surface area (Å²) in [6.45, 7) is 0.670. The summed E-state index contributed by atoms with van der Waals surface area (Å²) in [6.07, 6.45) is 3.95. The Hall–Kier alpha value is -0.870. The molecule has 1 aliphatic heterocycles. The summed E-state index contributed by atoms with van der Waals surface area (Å²) < 4.78 is 0. The lowest BCUT2D eigenvalue weighted by molar-refractivity contribution is -0.119. The van der Waals surface area contributed by atoms with Crippen LogP contribution >= 0.6 is 23.2 Å². The van der Waals surface area contributed by atoms with Crippen LogP contribution in [-0.2, 0) is 4.79 Å². The number of hydrogen-bond donors (Lipinski definition) is 0. The first kappa shape index (κ1) is 10.6. The molecule has 1 fully saturated rings. The Morgan fingerprint density at radius 3 is 2.80 bits per heavy atom. The SMILES string of the molecule is O=C1CCCCN1c1cnc(Cl)nc1Cl. The molecule has 1 saturated heterocycles. The van der Waals surface area contributed by atoms with Crippen LogP contribution in [0.5, 0.6) is 0 Å². The molecule has 0 bridgehead atoms. The smallest absolute Gasteiger partial charge is 0.227 e. The molecule has 0 radical (unpaired) electrons. The van der Waals surface area contributed by atoms with Gasteiger partial charge in [0.1, 0.15) is 0 Å². The Labute approximate surface area is 97.2 Å². The van der Waals surface area contributed by atoms with Gasteiger partial charge < -0.3 is 4.90 Å². The highest BCUT2D eigenvalue weighted by Crippen LogP contribution is 2.27. The molecule has 15 heavy (non-hydrogen) atoms. The molecule has 0 N–H and O–H groups in total. The van der Waals surface area contributed by atoms with Crippen LogP contribution in [0, 0.1) is 0 Å². The Morgan fingerprint density at radius 2 is 2.13 bits per heavy atom. The van der Waals surface area contributed by atoms with E-state index in [1.54, 1.807) is 4.90 Å². The van der Waals surface area contributed by atoms with Crippen molar-refractivity contribution in [1.29, 1.82) is 0 Å². The fourth-order valence-electron chi connectivity index (χ4n) is 1.58. The molecule has 4 nitrogen and oxygen atoms in total. The summed E-state index contributed by atoms with van der Waals surface area (Å²) in [4.78, 5) is 20.9. The van der Waals surface area contributed by atoms with E-state index in [2.05, 4.69) is 9.97 Å². The number of carbonyl (C=O) groups excluding carboxylic acids is 1. The van der Waals surface area contributed by atoms with Crippen LogP contribution in [0.25, 0.3) is 0 Å². The average Bonchev–Trinajstić information content (AvgIpc) is 2.20. The Bertz CT molecular complexity index is 397. The molecule has 1 aliphatic rings. The molecule has 0 aliphatic carbocycles. The van der Waals surface area contributed by atoms with Gasteiger partial charge in [0.05, 0.1) is 11.9 Å². The van der Waals surface area contributed by atoms with E-state index < -0.39 is 0 Å². The van der Waals surface area contributed by atoms with E-state index in [4.69, 9.17) is 23.2 Å². The van der Waals surface area contributed by atoms with E-state index in [1.165, 1.54) is 6.20 Å². The highest BCUT2D eigenvalue weighted by Gasteiger charge is 2.22. The summed E-state index contributed by atoms with van der Waals surface area (Å²) in [6, 6.07) is 0. The molecule has 2 rings (SSSR count). The molecule has 80 valence electrons. The summed E-state index contributed by atoms with van der Waals surface area (Å²) >= 11 is 11.5. The van der Waals surface area contributed by atoms with Crippen molar-refractivity contribution in [3.63, 3.8) is 0 Å². The largest absolute Gasteiger partial charge is 0.308 e. The predicted molar refractivity (Wildman–Crippen MR) is 58.3 cm³/mol. The molecule has 0 spiro atoms. The lowest BCUT2D eigenvalue weighted by Gasteiger charge is -2.26.